The first kappa shape index (κ1) is 20.8. The Balaban J connectivity index is 1.41. The van der Waals surface area contributed by atoms with Crippen LogP contribution in [-0.4, -0.2) is 66.1 Å². The molecular weight excluding hydrogens is 378 g/mol. The van der Waals surface area contributed by atoms with Crippen LogP contribution in [0, 0.1) is 11.8 Å². The largest absolute Gasteiger partial charge is 0.368 e. The molecule has 3 heterocycles. The van der Waals surface area contributed by atoms with E-state index in [2.05, 4.69) is 16.9 Å². The standard InChI is InChI=1S/C23H33N5O2/c1-17-9-12-26(13-10-17)15-18-6-5-11-27(16-18)23(30)20-14-21(22(24)29)28(25-20)19-7-3-2-4-8-19/h2-4,7-8,17-18,21H,5-6,9-16H2,1H3,(H2,24,29). The summed E-state index contributed by atoms with van der Waals surface area (Å²) in [5, 5.41) is 6.14. The molecule has 2 fully saturated rings. The Bertz CT molecular complexity index is 788. The molecule has 0 aliphatic carbocycles. The molecule has 0 spiro atoms. The third-order valence-corrected chi connectivity index (χ3v) is 6.71. The number of piperidine rings is 2. The topological polar surface area (TPSA) is 82.2 Å². The summed E-state index contributed by atoms with van der Waals surface area (Å²) in [5.41, 5.74) is 6.84. The average molecular weight is 412 g/mol. The van der Waals surface area contributed by atoms with E-state index in [1.807, 2.05) is 35.2 Å². The van der Waals surface area contributed by atoms with E-state index in [4.69, 9.17) is 5.73 Å². The van der Waals surface area contributed by atoms with Gasteiger partial charge in [0.05, 0.1) is 5.69 Å². The van der Waals surface area contributed by atoms with Crippen molar-refractivity contribution in [2.24, 2.45) is 22.7 Å². The van der Waals surface area contributed by atoms with E-state index in [9.17, 15) is 9.59 Å². The van der Waals surface area contributed by atoms with Crippen molar-refractivity contribution in [1.29, 1.82) is 0 Å². The van der Waals surface area contributed by atoms with Gasteiger partial charge in [0.25, 0.3) is 5.91 Å². The van der Waals surface area contributed by atoms with Crippen molar-refractivity contribution in [3.8, 4) is 0 Å². The van der Waals surface area contributed by atoms with Gasteiger partial charge in [-0.1, -0.05) is 25.1 Å². The zero-order chi connectivity index (χ0) is 21.1. The Morgan fingerprint density at radius 2 is 1.83 bits per heavy atom. The third-order valence-electron chi connectivity index (χ3n) is 6.71. The van der Waals surface area contributed by atoms with Gasteiger partial charge >= 0.3 is 0 Å². The number of benzene rings is 1. The van der Waals surface area contributed by atoms with E-state index in [1.54, 1.807) is 5.01 Å². The smallest absolute Gasteiger partial charge is 0.270 e. The molecule has 0 aromatic heterocycles. The van der Waals surface area contributed by atoms with Crippen LogP contribution in [0.25, 0.3) is 0 Å². The molecule has 1 aromatic carbocycles. The number of amides is 2. The van der Waals surface area contributed by atoms with E-state index in [-0.39, 0.29) is 12.3 Å². The maximum absolute atomic E-state index is 13.2. The van der Waals surface area contributed by atoms with Crippen molar-refractivity contribution in [2.75, 3.05) is 37.7 Å². The number of para-hydroxylation sites is 1. The molecule has 2 saturated heterocycles. The Hall–Kier alpha value is -2.41. The van der Waals surface area contributed by atoms with Gasteiger partial charge in [-0.3, -0.25) is 14.6 Å². The molecular formula is C23H33N5O2. The van der Waals surface area contributed by atoms with Crippen LogP contribution in [0.3, 0.4) is 0 Å². The first-order chi connectivity index (χ1) is 14.5. The van der Waals surface area contributed by atoms with Gasteiger partial charge in [-0.15, -0.1) is 0 Å². The molecule has 0 saturated carbocycles. The third kappa shape index (κ3) is 4.67. The molecule has 0 radical (unpaired) electrons. The Morgan fingerprint density at radius 3 is 2.53 bits per heavy atom. The van der Waals surface area contributed by atoms with E-state index in [0.29, 0.717) is 11.6 Å². The number of anilines is 1. The number of nitrogens with two attached hydrogens (primary N) is 1. The Labute approximate surface area is 178 Å². The second-order valence-electron chi connectivity index (χ2n) is 9.09. The van der Waals surface area contributed by atoms with Crippen LogP contribution in [0.4, 0.5) is 5.69 Å². The zero-order valence-corrected chi connectivity index (χ0v) is 17.9. The highest BCUT2D eigenvalue weighted by molar-refractivity contribution is 6.40. The summed E-state index contributed by atoms with van der Waals surface area (Å²) < 4.78 is 0. The molecule has 3 aliphatic rings. The predicted octanol–water partition coefficient (Wildman–Crippen LogP) is 2.08. The number of carbonyl (C=O) groups excluding carboxylic acids is 2. The Kier molecular flexibility index (Phi) is 6.37. The molecule has 4 rings (SSSR count). The quantitative estimate of drug-likeness (QED) is 0.804. The van der Waals surface area contributed by atoms with Gasteiger partial charge < -0.3 is 15.5 Å². The fourth-order valence-corrected chi connectivity index (χ4v) is 4.87. The van der Waals surface area contributed by atoms with Crippen molar-refractivity contribution >= 4 is 23.2 Å². The molecule has 2 amide bonds. The van der Waals surface area contributed by atoms with E-state index >= 15 is 0 Å². The normalized spacial score (nSPS) is 26.0. The highest BCUT2D eigenvalue weighted by Gasteiger charge is 2.37. The minimum Gasteiger partial charge on any atom is -0.368 e. The number of likely N-dealkylation sites (tertiary alicyclic amines) is 2. The molecule has 30 heavy (non-hydrogen) atoms. The average Bonchev–Trinajstić information content (AvgIpc) is 3.22. The van der Waals surface area contributed by atoms with Crippen LogP contribution < -0.4 is 10.7 Å². The van der Waals surface area contributed by atoms with Crippen LogP contribution in [0.15, 0.2) is 35.4 Å². The number of hydrazone groups is 1. The highest BCUT2D eigenvalue weighted by Crippen LogP contribution is 2.27. The van der Waals surface area contributed by atoms with Crippen molar-refractivity contribution in [3.05, 3.63) is 30.3 Å². The van der Waals surface area contributed by atoms with Gasteiger partial charge in [-0.05, 0) is 62.7 Å². The van der Waals surface area contributed by atoms with Crippen molar-refractivity contribution in [1.82, 2.24) is 9.80 Å². The van der Waals surface area contributed by atoms with Crippen LogP contribution >= 0.6 is 0 Å². The summed E-state index contributed by atoms with van der Waals surface area (Å²) in [4.78, 5) is 29.7. The fraction of sp³-hybridized carbons (Fsp3) is 0.609. The first-order valence-electron chi connectivity index (χ1n) is 11.2. The second kappa shape index (κ2) is 9.16. The maximum atomic E-state index is 13.2. The monoisotopic (exact) mass is 411 g/mol. The van der Waals surface area contributed by atoms with E-state index < -0.39 is 11.9 Å². The number of hydrogen-bond acceptors (Lipinski definition) is 5. The number of nitrogens with zero attached hydrogens (tertiary/aromatic N) is 4. The maximum Gasteiger partial charge on any atom is 0.270 e. The molecule has 1 aromatic rings. The highest BCUT2D eigenvalue weighted by atomic mass is 16.2. The summed E-state index contributed by atoms with van der Waals surface area (Å²) in [7, 11) is 0. The predicted molar refractivity (Wildman–Crippen MR) is 118 cm³/mol. The molecule has 2 unspecified atom stereocenters. The van der Waals surface area contributed by atoms with Crippen LogP contribution in [0.1, 0.15) is 39.0 Å². The SMILES string of the molecule is CC1CCN(CC2CCCN(C(=O)C3=NN(c4ccccc4)C(C(N)=O)C3)C2)CC1. The van der Waals surface area contributed by atoms with Gasteiger partial charge in [-0.25, -0.2) is 0 Å². The molecule has 2 atom stereocenters. The lowest BCUT2D eigenvalue weighted by Gasteiger charge is -2.37. The van der Waals surface area contributed by atoms with Crippen molar-refractivity contribution in [2.45, 2.75) is 45.1 Å². The lowest BCUT2D eigenvalue weighted by atomic mass is 9.94. The van der Waals surface area contributed by atoms with E-state index in [0.717, 1.165) is 37.7 Å². The molecule has 7 heteroatoms. The summed E-state index contributed by atoms with van der Waals surface area (Å²) in [5.74, 6) is 0.838. The number of hydrogen-bond donors (Lipinski definition) is 1. The minimum absolute atomic E-state index is 0.0448. The van der Waals surface area contributed by atoms with Gasteiger partial charge in [0.1, 0.15) is 11.8 Å². The number of rotatable bonds is 5. The van der Waals surface area contributed by atoms with Crippen LogP contribution in [0.2, 0.25) is 0 Å². The van der Waals surface area contributed by atoms with Crippen molar-refractivity contribution < 1.29 is 9.59 Å². The second-order valence-corrected chi connectivity index (χ2v) is 9.09. The zero-order valence-electron chi connectivity index (χ0n) is 17.9. The lowest BCUT2D eigenvalue weighted by molar-refractivity contribution is -0.126. The first-order valence-corrected chi connectivity index (χ1v) is 11.2. The summed E-state index contributed by atoms with van der Waals surface area (Å²) in [6, 6.07) is 8.83. The van der Waals surface area contributed by atoms with Crippen LogP contribution in [-0.2, 0) is 9.59 Å². The lowest BCUT2D eigenvalue weighted by Crippen LogP contribution is -2.47. The van der Waals surface area contributed by atoms with E-state index in [1.165, 1.54) is 32.4 Å². The molecule has 3 aliphatic heterocycles. The van der Waals surface area contributed by atoms with Crippen LogP contribution in [0.5, 0.6) is 0 Å². The van der Waals surface area contributed by atoms with Gasteiger partial charge in [0.15, 0.2) is 0 Å². The number of carbonyl (C=O) groups is 2. The summed E-state index contributed by atoms with van der Waals surface area (Å²) in [6.45, 7) is 7.28. The molecule has 2 N–H and O–H groups in total. The van der Waals surface area contributed by atoms with Gasteiger partial charge in [-0.2, -0.15) is 5.10 Å². The Morgan fingerprint density at radius 1 is 1.10 bits per heavy atom. The summed E-state index contributed by atoms with van der Waals surface area (Å²) >= 11 is 0. The minimum atomic E-state index is -0.609. The molecule has 7 nitrogen and oxygen atoms in total. The molecule has 0 bridgehead atoms. The van der Waals surface area contributed by atoms with Crippen molar-refractivity contribution in [3.63, 3.8) is 0 Å². The number of primary amides is 1. The van der Waals surface area contributed by atoms with Gasteiger partial charge in [0.2, 0.25) is 5.91 Å². The molecule has 162 valence electrons. The summed E-state index contributed by atoms with van der Waals surface area (Å²) in [6.07, 6.45) is 5.01. The fourth-order valence-electron chi connectivity index (χ4n) is 4.87. The van der Waals surface area contributed by atoms with Gasteiger partial charge in [0, 0.05) is 26.1 Å².